The highest BCUT2D eigenvalue weighted by atomic mass is 16.3. The summed E-state index contributed by atoms with van der Waals surface area (Å²) in [5, 5.41) is 11.4. The van der Waals surface area contributed by atoms with Crippen LogP contribution >= 0.6 is 0 Å². The van der Waals surface area contributed by atoms with Crippen molar-refractivity contribution in [1.82, 2.24) is 9.88 Å². The smallest absolute Gasteiger partial charge is 0.126 e. The number of nitrogens with zero attached hydrogens (tertiary/aromatic N) is 1. The number of hydrogen-bond acceptors (Lipinski definition) is 3. The molecule has 0 saturated carbocycles. The number of benzene rings is 2. The summed E-state index contributed by atoms with van der Waals surface area (Å²) in [5.74, 6) is 1.16. The molecular weight excluding hydrogens is 348 g/mol. The Morgan fingerprint density at radius 2 is 2.04 bits per heavy atom. The molecule has 28 heavy (non-hydrogen) atoms. The number of H-pyrrole nitrogens is 1. The van der Waals surface area contributed by atoms with E-state index in [0.717, 1.165) is 30.8 Å². The maximum absolute atomic E-state index is 10.1. The van der Waals surface area contributed by atoms with Crippen LogP contribution in [0.4, 0.5) is 0 Å². The first kappa shape index (κ1) is 16.9. The fraction of sp³-hybridized carbons (Fsp3) is 0.167. The number of fused-ring (bicyclic) bond motifs is 3. The molecule has 4 aromatic rings. The van der Waals surface area contributed by atoms with Crippen molar-refractivity contribution in [2.45, 2.75) is 12.5 Å². The lowest BCUT2D eigenvalue weighted by Crippen LogP contribution is -2.36. The average Bonchev–Trinajstić information content (AvgIpc) is 3.35. The van der Waals surface area contributed by atoms with Crippen LogP contribution in [0, 0.1) is 0 Å². The fourth-order valence-corrected chi connectivity index (χ4v) is 4.25. The van der Waals surface area contributed by atoms with Crippen molar-refractivity contribution in [2.24, 2.45) is 0 Å². The van der Waals surface area contributed by atoms with E-state index in [9.17, 15) is 5.11 Å². The molecule has 4 heteroatoms. The zero-order valence-electron chi connectivity index (χ0n) is 15.5. The Balaban J connectivity index is 1.55. The van der Waals surface area contributed by atoms with E-state index in [1.165, 1.54) is 22.2 Å². The Bertz CT molecular complexity index is 1120. The number of aromatic amines is 1. The maximum atomic E-state index is 10.1. The van der Waals surface area contributed by atoms with Crippen LogP contribution in [-0.2, 0) is 6.42 Å². The standard InChI is InChI=1S/C24H22N2O2/c27-18-7-3-6-17(16-18)24-23-21(20-10-1-2-11-22(20)25-23)12-14-26(24)13-4-8-19-9-5-15-28-19/h1-11,15-16,24-25,27H,12-14H2. The van der Waals surface area contributed by atoms with Crippen LogP contribution < -0.4 is 0 Å². The van der Waals surface area contributed by atoms with Crippen LogP contribution in [-0.4, -0.2) is 28.1 Å². The largest absolute Gasteiger partial charge is 0.508 e. The van der Waals surface area contributed by atoms with Gasteiger partial charge in [-0.3, -0.25) is 4.90 Å². The molecule has 2 N–H and O–H groups in total. The molecule has 0 spiro atoms. The van der Waals surface area contributed by atoms with Crippen LogP contribution in [0.15, 0.2) is 77.4 Å². The summed E-state index contributed by atoms with van der Waals surface area (Å²) in [5.41, 5.74) is 4.88. The van der Waals surface area contributed by atoms with Gasteiger partial charge in [0.2, 0.25) is 0 Å². The second-order valence-electron chi connectivity index (χ2n) is 7.22. The quantitative estimate of drug-likeness (QED) is 0.524. The summed E-state index contributed by atoms with van der Waals surface area (Å²) >= 11 is 0. The van der Waals surface area contributed by atoms with Crippen molar-refractivity contribution in [3.63, 3.8) is 0 Å². The molecular formula is C24H22N2O2. The molecule has 1 aliphatic rings. The lowest BCUT2D eigenvalue weighted by molar-refractivity contribution is 0.234. The molecule has 1 atom stereocenters. The summed E-state index contributed by atoms with van der Waals surface area (Å²) in [7, 11) is 0. The summed E-state index contributed by atoms with van der Waals surface area (Å²) < 4.78 is 5.40. The highest BCUT2D eigenvalue weighted by Crippen LogP contribution is 2.38. The topological polar surface area (TPSA) is 52.4 Å². The van der Waals surface area contributed by atoms with Gasteiger partial charge < -0.3 is 14.5 Å². The Morgan fingerprint density at radius 1 is 1.11 bits per heavy atom. The van der Waals surface area contributed by atoms with E-state index in [2.05, 4.69) is 46.3 Å². The van der Waals surface area contributed by atoms with Crippen molar-refractivity contribution < 1.29 is 9.52 Å². The van der Waals surface area contributed by atoms with Crippen LogP contribution in [0.5, 0.6) is 5.75 Å². The Kier molecular flexibility index (Phi) is 4.26. The molecule has 0 aliphatic carbocycles. The number of rotatable bonds is 4. The highest BCUT2D eigenvalue weighted by molar-refractivity contribution is 5.85. The van der Waals surface area contributed by atoms with Gasteiger partial charge in [0.1, 0.15) is 11.5 Å². The molecule has 0 amide bonds. The summed E-state index contributed by atoms with van der Waals surface area (Å²) in [6, 6.07) is 20.0. The number of para-hydroxylation sites is 1. The van der Waals surface area contributed by atoms with Gasteiger partial charge in [-0.15, -0.1) is 0 Å². The van der Waals surface area contributed by atoms with Gasteiger partial charge in [-0.1, -0.05) is 36.4 Å². The first-order chi connectivity index (χ1) is 13.8. The van der Waals surface area contributed by atoms with Crippen LogP contribution in [0.1, 0.15) is 28.6 Å². The van der Waals surface area contributed by atoms with Crippen molar-refractivity contribution in [1.29, 1.82) is 0 Å². The van der Waals surface area contributed by atoms with Gasteiger partial charge >= 0.3 is 0 Å². The Morgan fingerprint density at radius 3 is 2.89 bits per heavy atom. The van der Waals surface area contributed by atoms with Gasteiger partial charge in [-0.25, -0.2) is 0 Å². The molecule has 5 rings (SSSR count). The lowest BCUT2D eigenvalue weighted by Gasteiger charge is -2.35. The predicted octanol–water partition coefficient (Wildman–Crippen LogP) is 5.13. The summed E-state index contributed by atoms with van der Waals surface area (Å²) in [4.78, 5) is 6.09. The van der Waals surface area contributed by atoms with Gasteiger partial charge in [0.15, 0.2) is 0 Å². The second-order valence-corrected chi connectivity index (χ2v) is 7.22. The number of nitrogens with one attached hydrogen (secondary N) is 1. The number of aromatic hydroxyl groups is 1. The molecule has 0 saturated heterocycles. The SMILES string of the molecule is Oc1cccc(C2c3[nH]c4ccccc4c3CCN2CC=Cc2ccco2)c1. The fourth-order valence-electron chi connectivity index (χ4n) is 4.25. The van der Waals surface area contributed by atoms with Gasteiger partial charge in [-0.05, 0) is 54.0 Å². The summed E-state index contributed by atoms with van der Waals surface area (Å²) in [6.45, 7) is 1.76. The van der Waals surface area contributed by atoms with Gasteiger partial charge in [0.25, 0.3) is 0 Å². The molecule has 3 heterocycles. The number of phenols is 1. The van der Waals surface area contributed by atoms with E-state index in [1.54, 1.807) is 12.3 Å². The minimum Gasteiger partial charge on any atom is -0.508 e. The maximum Gasteiger partial charge on any atom is 0.126 e. The third-order valence-corrected chi connectivity index (χ3v) is 5.49. The monoisotopic (exact) mass is 370 g/mol. The number of phenolic OH excluding ortho intramolecular Hbond substituents is 1. The zero-order chi connectivity index (χ0) is 18.9. The zero-order valence-corrected chi connectivity index (χ0v) is 15.5. The molecule has 0 radical (unpaired) electrons. The van der Waals surface area contributed by atoms with E-state index >= 15 is 0 Å². The van der Waals surface area contributed by atoms with Crippen molar-refractivity contribution >= 4 is 17.0 Å². The summed E-state index contributed by atoms with van der Waals surface area (Å²) in [6.07, 6.45) is 6.85. The van der Waals surface area contributed by atoms with Crippen LogP contribution in [0.25, 0.3) is 17.0 Å². The molecule has 0 fully saturated rings. The first-order valence-corrected chi connectivity index (χ1v) is 9.62. The minimum atomic E-state index is 0.0736. The third-order valence-electron chi connectivity index (χ3n) is 5.49. The molecule has 140 valence electrons. The first-order valence-electron chi connectivity index (χ1n) is 9.62. The highest BCUT2D eigenvalue weighted by Gasteiger charge is 2.31. The molecule has 0 bridgehead atoms. The van der Waals surface area contributed by atoms with Gasteiger partial charge in [-0.2, -0.15) is 0 Å². The molecule has 2 aromatic heterocycles. The van der Waals surface area contributed by atoms with Gasteiger partial charge in [0.05, 0.1) is 12.3 Å². The van der Waals surface area contributed by atoms with E-state index in [0.29, 0.717) is 5.75 Å². The van der Waals surface area contributed by atoms with E-state index in [-0.39, 0.29) is 6.04 Å². The Hall–Kier alpha value is -3.24. The molecule has 4 nitrogen and oxygen atoms in total. The number of hydrogen-bond donors (Lipinski definition) is 2. The second kappa shape index (κ2) is 7.06. The Labute approximate surface area is 163 Å². The van der Waals surface area contributed by atoms with Crippen molar-refractivity contribution in [3.8, 4) is 5.75 Å². The minimum absolute atomic E-state index is 0.0736. The predicted molar refractivity (Wildman–Crippen MR) is 111 cm³/mol. The van der Waals surface area contributed by atoms with Crippen molar-refractivity contribution in [3.05, 3.63) is 95.6 Å². The number of furan rings is 1. The van der Waals surface area contributed by atoms with E-state index < -0.39 is 0 Å². The number of aromatic nitrogens is 1. The van der Waals surface area contributed by atoms with E-state index in [4.69, 9.17) is 4.42 Å². The van der Waals surface area contributed by atoms with Crippen LogP contribution in [0.2, 0.25) is 0 Å². The normalized spacial score (nSPS) is 17.4. The third kappa shape index (κ3) is 3.02. The van der Waals surface area contributed by atoms with Crippen molar-refractivity contribution in [2.75, 3.05) is 13.1 Å². The molecule has 2 aromatic carbocycles. The average molecular weight is 370 g/mol. The van der Waals surface area contributed by atoms with Crippen LogP contribution in [0.3, 0.4) is 0 Å². The lowest BCUT2D eigenvalue weighted by atomic mass is 9.92. The van der Waals surface area contributed by atoms with Gasteiger partial charge in [0, 0.05) is 29.7 Å². The van der Waals surface area contributed by atoms with E-state index in [1.807, 2.05) is 30.3 Å². The molecule has 1 aliphatic heterocycles. The molecule has 1 unspecified atom stereocenters.